The van der Waals surface area contributed by atoms with Crippen molar-refractivity contribution in [3.05, 3.63) is 142 Å². The molecule has 0 radical (unpaired) electrons. The van der Waals surface area contributed by atoms with Crippen molar-refractivity contribution in [3.63, 3.8) is 0 Å². The Kier molecular flexibility index (Phi) is 5.46. The number of nitrogens with one attached hydrogen (secondary N) is 1. The second-order valence-corrected chi connectivity index (χ2v) is 8.46. The number of rotatable bonds is 4. The lowest BCUT2D eigenvalue weighted by Gasteiger charge is -2.44. The van der Waals surface area contributed by atoms with Gasteiger partial charge in [-0.3, -0.25) is 0 Å². The van der Waals surface area contributed by atoms with Crippen LogP contribution in [0.4, 0.5) is 5.69 Å². The molecule has 1 N–H and O–H groups in total. The first-order valence-electron chi connectivity index (χ1n) is 10.3. The maximum Gasteiger partial charge on any atom is 0.162 e. The first kappa shape index (κ1) is 19.8. The van der Waals surface area contributed by atoms with Gasteiger partial charge in [-0.05, 0) is 28.8 Å². The molecule has 4 aromatic rings. The zero-order valence-electron chi connectivity index (χ0n) is 16.9. The van der Waals surface area contributed by atoms with Crippen molar-refractivity contribution in [1.82, 2.24) is 0 Å². The van der Waals surface area contributed by atoms with E-state index >= 15 is 0 Å². The van der Waals surface area contributed by atoms with Gasteiger partial charge in [0.25, 0.3) is 0 Å². The topological polar surface area (TPSA) is 21.3 Å². The highest BCUT2D eigenvalue weighted by molar-refractivity contribution is 9.11. The molecule has 1 atom stereocenters. The Morgan fingerprint density at radius 3 is 1.84 bits per heavy atom. The number of para-hydroxylation sites is 1. The molecule has 0 spiro atoms. The summed E-state index contributed by atoms with van der Waals surface area (Å²) >= 11 is 3.80. The van der Waals surface area contributed by atoms with Crippen LogP contribution in [-0.2, 0) is 10.3 Å². The maximum atomic E-state index is 6.98. The third-order valence-electron chi connectivity index (χ3n) is 5.60. The van der Waals surface area contributed by atoms with Gasteiger partial charge in [-0.2, -0.15) is 0 Å². The van der Waals surface area contributed by atoms with E-state index in [0.29, 0.717) is 0 Å². The Hall–Kier alpha value is -3.14. The highest BCUT2D eigenvalue weighted by Gasteiger charge is 2.45. The largest absolute Gasteiger partial charge is 0.356 e. The molecule has 5 rings (SSSR count). The first-order valence-corrected chi connectivity index (χ1v) is 11.1. The molecule has 31 heavy (non-hydrogen) atoms. The van der Waals surface area contributed by atoms with Crippen LogP contribution >= 0.6 is 15.9 Å². The van der Waals surface area contributed by atoms with E-state index in [-0.39, 0.29) is 6.23 Å². The smallest absolute Gasteiger partial charge is 0.162 e. The summed E-state index contributed by atoms with van der Waals surface area (Å²) in [6.07, 6.45) is 1.75. The standard InChI is InChI=1S/C28H22BrNO/c29-25(20-21-12-4-1-5-13-21)27-30-26-19-11-10-18-24(26)28(31-27,22-14-6-2-7-15-22)23-16-8-3-9-17-23/h1-20,27,30H/b25-20-/t27-/m0/s1. The summed E-state index contributed by atoms with van der Waals surface area (Å²) in [5.74, 6) is 0. The van der Waals surface area contributed by atoms with Crippen LogP contribution in [0.5, 0.6) is 0 Å². The fourth-order valence-electron chi connectivity index (χ4n) is 4.20. The van der Waals surface area contributed by atoms with Gasteiger partial charge in [0, 0.05) is 15.7 Å². The van der Waals surface area contributed by atoms with Crippen LogP contribution in [0.25, 0.3) is 6.08 Å². The molecule has 0 aromatic heterocycles. The summed E-state index contributed by atoms with van der Waals surface area (Å²) in [5, 5.41) is 3.57. The van der Waals surface area contributed by atoms with Crippen molar-refractivity contribution in [2.75, 3.05) is 5.32 Å². The lowest BCUT2D eigenvalue weighted by atomic mass is 9.78. The summed E-state index contributed by atoms with van der Waals surface area (Å²) in [6.45, 7) is 0. The van der Waals surface area contributed by atoms with Crippen LogP contribution in [0.15, 0.2) is 120 Å². The molecule has 1 aliphatic rings. The van der Waals surface area contributed by atoms with Crippen LogP contribution < -0.4 is 5.32 Å². The molecule has 2 nitrogen and oxygen atoms in total. The van der Waals surface area contributed by atoms with E-state index in [1.54, 1.807) is 0 Å². The Balaban J connectivity index is 1.70. The lowest BCUT2D eigenvalue weighted by molar-refractivity contribution is -0.0201. The third-order valence-corrected chi connectivity index (χ3v) is 6.25. The molecule has 0 bridgehead atoms. The number of hydrogen-bond donors (Lipinski definition) is 1. The van der Waals surface area contributed by atoms with Gasteiger partial charge in [0.05, 0.1) is 0 Å². The molecule has 0 amide bonds. The predicted molar refractivity (Wildman–Crippen MR) is 131 cm³/mol. The quantitative estimate of drug-likeness (QED) is 0.343. The van der Waals surface area contributed by atoms with Crippen LogP contribution in [0.2, 0.25) is 0 Å². The average Bonchev–Trinajstić information content (AvgIpc) is 2.85. The molecule has 3 heteroatoms. The van der Waals surface area contributed by atoms with E-state index in [9.17, 15) is 0 Å². The van der Waals surface area contributed by atoms with Crippen molar-refractivity contribution < 1.29 is 4.74 Å². The summed E-state index contributed by atoms with van der Waals surface area (Å²) in [6, 6.07) is 39.6. The van der Waals surface area contributed by atoms with Crippen molar-refractivity contribution >= 4 is 27.7 Å². The Labute approximate surface area is 191 Å². The van der Waals surface area contributed by atoms with Crippen molar-refractivity contribution in [2.24, 2.45) is 0 Å². The third kappa shape index (κ3) is 3.71. The molecule has 1 heterocycles. The van der Waals surface area contributed by atoms with E-state index in [4.69, 9.17) is 4.74 Å². The zero-order valence-corrected chi connectivity index (χ0v) is 18.5. The number of fused-ring (bicyclic) bond motifs is 1. The Bertz CT molecular complexity index is 1150. The van der Waals surface area contributed by atoms with E-state index in [0.717, 1.165) is 32.4 Å². The fraction of sp³-hybridized carbons (Fsp3) is 0.0714. The minimum atomic E-state index is -0.738. The predicted octanol–water partition coefficient (Wildman–Crippen LogP) is 7.18. The van der Waals surface area contributed by atoms with Crippen molar-refractivity contribution in [1.29, 1.82) is 0 Å². The van der Waals surface area contributed by atoms with Crippen LogP contribution in [0.3, 0.4) is 0 Å². The molecular formula is C28H22BrNO. The van der Waals surface area contributed by atoms with Gasteiger partial charge >= 0.3 is 0 Å². The first-order chi connectivity index (χ1) is 15.3. The second kappa shape index (κ2) is 8.54. The molecule has 0 unspecified atom stereocenters. The molecule has 0 saturated heterocycles. The van der Waals surface area contributed by atoms with E-state index in [1.165, 1.54) is 0 Å². The lowest BCUT2D eigenvalue weighted by Crippen LogP contribution is -2.44. The highest BCUT2D eigenvalue weighted by Crippen LogP contribution is 2.48. The normalized spacial score (nSPS) is 17.5. The highest BCUT2D eigenvalue weighted by atomic mass is 79.9. The summed E-state index contributed by atoms with van der Waals surface area (Å²) in [5.41, 5.74) is 4.73. The van der Waals surface area contributed by atoms with Gasteiger partial charge in [0.1, 0.15) is 5.60 Å². The van der Waals surface area contributed by atoms with Crippen molar-refractivity contribution in [2.45, 2.75) is 11.8 Å². The van der Waals surface area contributed by atoms with Crippen LogP contribution in [0, 0.1) is 0 Å². The molecule has 0 aliphatic carbocycles. The van der Waals surface area contributed by atoms with Gasteiger partial charge in [-0.25, -0.2) is 0 Å². The molecule has 0 saturated carbocycles. The molecule has 0 fully saturated rings. The maximum absolute atomic E-state index is 6.98. The van der Waals surface area contributed by atoms with Gasteiger partial charge in [-0.15, -0.1) is 0 Å². The Morgan fingerprint density at radius 2 is 1.23 bits per heavy atom. The monoisotopic (exact) mass is 467 g/mol. The molecule has 4 aromatic carbocycles. The zero-order chi connectivity index (χ0) is 21.1. The number of halogens is 1. The number of ether oxygens (including phenoxy) is 1. The molecular weight excluding hydrogens is 446 g/mol. The molecule has 152 valence electrons. The summed E-state index contributed by atoms with van der Waals surface area (Å²) in [4.78, 5) is 0. The van der Waals surface area contributed by atoms with Gasteiger partial charge in [-0.1, -0.05) is 125 Å². The number of hydrogen-bond acceptors (Lipinski definition) is 2. The SMILES string of the molecule is Br/C(=C\c1ccccc1)[C@H]1Nc2ccccc2C(c2ccccc2)(c2ccccc2)O1. The van der Waals surface area contributed by atoms with Crippen LogP contribution in [-0.4, -0.2) is 6.23 Å². The molecule has 1 aliphatic heterocycles. The minimum Gasteiger partial charge on any atom is -0.356 e. The minimum absolute atomic E-state index is 0.351. The number of anilines is 1. The number of benzene rings is 4. The van der Waals surface area contributed by atoms with Gasteiger partial charge in [0.15, 0.2) is 6.23 Å². The van der Waals surface area contributed by atoms with Gasteiger partial charge < -0.3 is 10.1 Å². The van der Waals surface area contributed by atoms with Gasteiger partial charge in [0.2, 0.25) is 0 Å². The van der Waals surface area contributed by atoms with E-state index in [2.05, 4.69) is 112 Å². The summed E-state index contributed by atoms with van der Waals surface area (Å²) in [7, 11) is 0. The van der Waals surface area contributed by atoms with Crippen LogP contribution in [0.1, 0.15) is 22.3 Å². The van der Waals surface area contributed by atoms with Crippen molar-refractivity contribution in [3.8, 4) is 0 Å². The fourth-order valence-corrected chi connectivity index (χ4v) is 4.67. The van der Waals surface area contributed by atoms with E-state index < -0.39 is 5.60 Å². The average molecular weight is 468 g/mol. The Morgan fingerprint density at radius 1 is 0.710 bits per heavy atom. The second-order valence-electron chi connectivity index (χ2n) is 7.54. The summed E-state index contributed by atoms with van der Waals surface area (Å²) < 4.78 is 7.92. The van der Waals surface area contributed by atoms with E-state index in [1.807, 2.05) is 30.3 Å².